The predicted octanol–water partition coefficient (Wildman–Crippen LogP) is 4.33. The zero-order valence-corrected chi connectivity index (χ0v) is 25.9. The first kappa shape index (κ1) is 30.4. The number of fused-ring (bicyclic) bond motifs is 3. The van der Waals surface area contributed by atoms with Gasteiger partial charge in [-0.2, -0.15) is 12.7 Å². The summed E-state index contributed by atoms with van der Waals surface area (Å²) in [4.78, 5) is 15.7. The molecule has 2 aromatic carbocycles. The molecule has 9 nitrogen and oxygen atoms in total. The summed E-state index contributed by atoms with van der Waals surface area (Å²) < 4.78 is 42.2. The molecule has 2 N–H and O–H groups in total. The monoisotopic (exact) mass is 629 g/mol. The van der Waals surface area contributed by atoms with E-state index in [9.17, 15) is 18.3 Å². The van der Waals surface area contributed by atoms with Crippen molar-refractivity contribution in [2.45, 2.75) is 51.2 Å². The van der Waals surface area contributed by atoms with Gasteiger partial charge < -0.3 is 19.5 Å². The largest absolute Gasteiger partial charge is 0.487 e. The van der Waals surface area contributed by atoms with Crippen molar-refractivity contribution in [1.29, 1.82) is 0 Å². The van der Waals surface area contributed by atoms with Gasteiger partial charge >= 0.3 is 10.2 Å². The van der Waals surface area contributed by atoms with Crippen LogP contribution in [0, 0.1) is 17.8 Å². The number of amides is 1. The Morgan fingerprint density at radius 3 is 2.67 bits per heavy atom. The number of hydrogen-bond donors (Lipinski definition) is 2. The summed E-state index contributed by atoms with van der Waals surface area (Å²) in [7, 11) is -4.12. The highest BCUT2D eigenvalue weighted by atomic mass is 35.5. The zero-order valence-electron chi connectivity index (χ0n) is 24.3. The van der Waals surface area contributed by atoms with Gasteiger partial charge in [0.05, 0.1) is 25.0 Å². The molecule has 1 amide bonds. The third kappa shape index (κ3) is 7.04. The Bertz CT molecular complexity index is 1460. The minimum absolute atomic E-state index is 0.0861. The number of hydrogen-bond acceptors (Lipinski definition) is 7. The molecule has 2 fully saturated rings. The lowest BCUT2D eigenvalue weighted by Crippen LogP contribution is -2.48. The maximum Gasteiger partial charge on any atom is 0.304 e. The first-order valence-corrected chi connectivity index (χ1v) is 17.1. The molecule has 0 aromatic heterocycles. The highest BCUT2D eigenvalue weighted by Crippen LogP contribution is 2.41. The van der Waals surface area contributed by atoms with E-state index in [0.29, 0.717) is 43.6 Å². The van der Waals surface area contributed by atoms with Gasteiger partial charge in [0.15, 0.2) is 0 Å². The average molecular weight is 630 g/mol. The van der Waals surface area contributed by atoms with Crippen LogP contribution in [0.3, 0.4) is 0 Å². The molecule has 1 unspecified atom stereocenters. The number of benzene rings is 2. The molecule has 0 radical (unpaired) electrons. The number of anilines is 1. The number of nitrogens with zero attached hydrogens (tertiary/aromatic N) is 2. The van der Waals surface area contributed by atoms with E-state index in [1.54, 1.807) is 18.2 Å². The Balaban J connectivity index is 1.35. The Kier molecular flexibility index (Phi) is 9.30. The summed E-state index contributed by atoms with van der Waals surface area (Å²) in [5, 5.41) is 11.8. The van der Waals surface area contributed by atoms with Gasteiger partial charge in [-0.05, 0) is 91.8 Å². The van der Waals surface area contributed by atoms with Crippen molar-refractivity contribution in [3.8, 4) is 5.75 Å². The normalized spacial score (nSPS) is 27.6. The Morgan fingerprint density at radius 1 is 1.05 bits per heavy atom. The second-order valence-corrected chi connectivity index (χ2v) is 14.3. The van der Waals surface area contributed by atoms with Crippen molar-refractivity contribution in [3.63, 3.8) is 0 Å². The van der Waals surface area contributed by atoms with Crippen molar-refractivity contribution < 1.29 is 27.8 Å². The number of rotatable bonds is 2. The number of carbonyl (C=O) groups is 1. The number of aliphatic hydroxyl groups is 1. The second kappa shape index (κ2) is 13.2. The van der Waals surface area contributed by atoms with E-state index in [1.807, 2.05) is 30.4 Å². The fourth-order valence-electron chi connectivity index (χ4n) is 6.46. The third-order valence-electron chi connectivity index (χ3n) is 9.22. The van der Waals surface area contributed by atoms with E-state index < -0.39 is 22.2 Å². The molecule has 43 heavy (non-hydrogen) atoms. The lowest BCUT2D eigenvalue weighted by Gasteiger charge is -2.42. The van der Waals surface area contributed by atoms with Crippen molar-refractivity contribution in [3.05, 3.63) is 70.3 Å². The maximum atomic E-state index is 13.5. The summed E-state index contributed by atoms with van der Waals surface area (Å²) in [6.07, 6.45) is 8.22. The molecule has 2 aromatic rings. The molecule has 3 heterocycles. The number of nitrogens with one attached hydrogen (secondary N) is 1. The van der Waals surface area contributed by atoms with Crippen molar-refractivity contribution in [2.75, 3.05) is 44.3 Å². The first-order valence-electron chi connectivity index (χ1n) is 15.3. The minimum Gasteiger partial charge on any atom is -0.487 e. The lowest BCUT2D eigenvalue weighted by atomic mass is 9.70. The molecule has 2 bridgehead atoms. The molecule has 3 atom stereocenters. The standard InChI is InChI=1S/C32H40ClN3O6S/c33-27-10-7-26-21-42-31-12-9-24-16-29(31)35(13-3-1-5-23(26)15-27)18-25-8-11-28(25)30(37)6-2-4-14-36(17-22-19-41-20-22)43(39,40)34-32(24)38/h2,6-7,9-10,12,15-16,22,25,28,30,37H,1,3-5,8,11,13-14,17-21H2,(H,34,38)/b6-2+/t25-,28+,30?/m0/s1. The van der Waals surface area contributed by atoms with Crippen molar-refractivity contribution in [2.24, 2.45) is 17.8 Å². The number of aliphatic hydroxyl groups excluding tert-OH is 1. The van der Waals surface area contributed by atoms with E-state index in [1.165, 1.54) is 9.87 Å². The quantitative estimate of drug-likeness (QED) is 0.476. The van der Waals surface area contributed by atoms with E-state index in [2.05, 4.69) is 9.62 Å². The smallest absolute Gasteiger partial charge is 0.304 e. The van der Waals surface area contributed by atoms with Gasteiger partial charge in [-0.15, -0.1) is 0 Å². The van der Waals surface area contributed by atoms with Gasteiger partial charge in [-0.3, -0.25) is 4.79 Å². The molecule has 1 saturated heterocycles. The molecular weight excluding hydrogens is 590 g/mol. The van der Waals surface area contributed by atoms with Crippen molar-refractivity contribution >= 4 is 33.4 Å². The van der Waals surface area contributed by atoms with Gasteiger partial charge in [0.1, 0.15) is 12.4 Å². The van der Waals surface area contributed by atoms with Crippen LogP contribution in [0.15, 0.2) is 48.6 Å². The second-order valence-electron chi connectivity index (χ2n) is 12.2. The SMILES string of the molecule is O=C1NS(=O)(=O)N(CC2COC2)CC/C=C/C(O)[C@@H]2CC[C@H]2CN2CCCCc3cc(Cl)ccc3COc3ccc1cc32. The Labute approximate surface area is 259 Å². The molecular formula is C32H40ClN3O6S. The maximum absolute atomic E-state index is 13.5. The summed E-state index contributed by atoms with van der Waals surface area (Å²) >= 11 is 6.31. The van der Waals surface area contributed by atoms with Crippen LogP contribution in [0.4, 0.5) is 5.69 Å². The summed E-state index contributed by atoms with van der Waals surface area (Å²) in [6.45, 7) is 3.26. The molecule has 4 aliphatic rings. The van der Waals surface area contributed by atoms with Crippen molar-refractivity contribution in [1.82, 2.24) is 9.03 Å². The van der Waals surface area contributed by atoms with Crippen LogP contribution in [0.25, 0.3) is 0 Å². The summed E-state index contributed by atoms with van der Waals surface area (Å²) in [5.74, 6) is 0.451. The highest BCUT2D eigenvalue weighted by Gasteiger charge is 2.37. The van der Waals surface area contributed by atoms with E-state index >= 15 is 0 Å². The predicted molar refractivity (Wildman–Crippen MR) is 166 cm³/mol. The van der Waals surface area contributed by atoms with E-state index in [4.69, 9.17) is 21.1 Å². The Morgan fingerprint density at radius 2 is 1.91 bits per heavy atom. The van der Waals surface area contributed by atoms with E-state index in [0.717, 1.165) is 49.9 Å². The van der Waals surface area contributed by atoms with Crippen LogP contribution in [0.2, 0.25) is 5.02 Å². The molecule has 3 aliphatic heterocycles. The highest BCUT2D eigenvalue weighted by molar-refractivity contribution is 7.87. The van der Waals surface area contributed by atoms with Gasteiger partial charge in [-0.1, -0.05) is 29.8 Å². The molecule has 0 spiro atoms. The summed E-state index contributed by atoms with van der Waals surface area (Å²) in [6, 6.07) is 11.0. The topological polar surface area (TPSA) is 108 Å². The van der Waals surface area contributed by atoms with Crippen LogP contribution in [-0.4, -0.2) is 69.2 Å². The fourth-order valence-corrected chi connectivity index (χ4v) is 7.89. The fraction of sp³-hybridized carbons (Fsp3) is 0.531. The molecule has 6 rings (SSSR count). The number of carbonyl (C=O) groups excluding carboxylic acids is 1. The number of ether oxygens (including phenoxy) is 2. The molecule has 1 aliphatic carbocycles. The van der Waals surface area contributed by atoms with Gasteiger partial charge in [-0.25, -0.2) is 4.72 Å². The zero-order chi connectivity index (χ0) is 30.0. The lowest BCUT2D eigenvalue weighted by molar-refractivity contribution is -0.0382. The summed E-state index contributed by atoms with van der Waals surface area (Å²) in [5.41, 5.74) is 3.24. The molecule has 11 heteroatoms. The van der Waals surface area contributed by atoms with Crippen LogP contribution in [0.5, 0.6) is 5.75 Å². The minimum atomic E-state index is -4.12. The van der Waals surface area contributed by atoms with Crippen LogP contribution in [0.1, 0.15) is 53.6 Å². The van der Waals surface area contributed by atoms with Crippen LogP contribution < -0.4 is 14.4 Å². The van der Waals surface area contributed by atoms with Crippen LogP contribution in [-0.2, 0) is 28.0 Å². The third-order valence-corrected chi connectivity index (χ3v) is 10.9. The van der Waals surface area contributed by atoms with Gasteiger partial charge in [0, 0.05) is 42.7 Å². The Hall–Kier alpha value is -2.63. The molecule has 1 saturated carbocycles. The average Bonchev–Trinajstić information content (AvgIpc) is 2.96. The molecule has 232 valence electrons. The van der Waals surface area contributed by atoms with E-state index in [-0.39, 0.29) is 36.4 Å². The first-order chi connectivity index (χ1) is 20.8. The van der Waals surface area contributed by atoms with Gasteiger partial charge in [0.25, 0.3) is 5.91 Å². The number of halogens is 1. The van der Waals surface area contributed by atoms with Crippen LogP contribution >= 0.6 is 11.6 Å². The van der Waals surface area contributed by atoms with Gasteiger partial charge in [0.2, 0.25) is 0 Å². The number of aryl methyl sites for hydroxylation is 1.